The molecule has 0 amide bonds. The maximum atomic E-state index is 13.5. The fourth-order valence-electron chi connectivity index (χ4n) is 2.46. The van der Waals surface area contributed by atoms with Crippen LogP contribution < -0.4 is 5.73 Å². The highest BCUT2D eigenvalue weighted by Gasteiger charge is 2.22. The minimum absolute atomic E-state index is 0.207. The molecule has 18 heavy (non-hydrogen) atoms. The Labute approximate surface area is 105 Å². The van der Waals surface area contributed by atoms with Crippen LogP contribution in [0.1, 0.15) is 31.1 Å². The van der Waals surface area contributed by atoms with Gasteiger partial charge in [0.1, 0.15) is 5.76 Å². The van der Waals surface area contributed by atoms with Gasteiger partial charge in [-0.15, -0.1) is 0 Å². The van der Waals surface area contributed by atoms with Gasteiger partial charge in [0.05, 0.1) is 12.1 Å². The van der Waals surface area contributed by atoms with Gasteiger partial charge in [-0.25, -0.2) is 4.39 Å². The number of hydrogen-bond donors (Lipinski definition) is 1. The summed E-state index contributed by atoms with van der Waals surface area (Å²) in [4.78, 5) is 0. The van der Waals surface area contributed by atoms with Crippen molar-refractivity contribution in [2.45, 2.75) is 31.4 Å². The first-order valence-electron chi connectivity index (χ1n) is 6.29. The second-order valence-electron chi connectivity index (χ2n) is 4.78. The lowest BCUT2D eigenvalue weighted by molar-refractivity contribution is 0.0965. The number of halogens is 1. The molecule has 4 heteroatoms. The summed E-state index contributed by atoms with van der Waals surface area (Å²) in [6.45, 7) is 0.812. The van der Waals surface area contributed by atoms with E-state index in [0.717, 1.165) is 31.3 Å². The maximum Gasteiger partial charge on any atom is 0.169 e. The second-order valence-corrected chi connectivity index (χ2v) is 4.78. The van der Waals surface area contributed by atoms with Crippen molar-refractivity contribution in [3.8, 4) is 0 Å². The van der Waals surface area contributed by atoms with E-state index >= 15 is 0 Å². The molecular weight excluding hydrogens is 233 g/mol. The molecule has 2 N–H and O–H groups in total. The number of benzene rings is 1. The predicted molar refractivity (Wildman–Crippen MR) is 66.7 cm³/mol. The quantitative estimate of drug-likeness (QED) is 0.909. The predicted octanol–water partition coefficient (Wildman–Crippen LogP) is 3.14. The molecule has 0 bridgehead atoms. The van der Waals surface area contributed by atoms with Crippen LogP contribution in [0.4, 0.5) is 4.39 Å². The molecule has 1 saturated heterocycles. The van der Waals surface area contributed by atoms with E-state index in [1.807, 2.05) is 12.1 Å². The van der Waals surface area contributed by atoms with Crippen molar-refractivity contribution in [3.63, 3.8) is 0 Å². The van der Waals surface area contributed by atoms with Crippen molar-refractivity contribution in [1.82, 2.24) is 0 Å². The van der Waals surface area contributed by atoms with Gasteiger partial charge in [-0.1, -0.05) is 12.1 Å². The zero-order chi connectivity index (χ0) is 12.5. The van der Waals surface area contributed by atoms with Gasteiger partial charge in [-0.3, -0.25) is 0 Å². The first-order chi connectivity index (χ1) is 8.74. The smallest absolute Gasteiger partial charge is 0.169 e. The van der Waals surface area contributed by atoms with E-state index in [1.165, 1.54) is 6.07 Å². The first kappa shape index (κ1) is 11.7. The number of para-hydroxylation sites is 1. The Morgan fingerprint density at radius 2 is 2.33 bits per heavy atom. The SMILES string of the molecule is NC(CC1CCCO1)c1cc2cccc(F)c2o1. The lowest BCUT2D eigenvalue weighted by Crippen LogP contribution is -2.17. The monoisotopic (exact) mass is 249 g/mol. The van der Waals surface area contributed by atoms with Gasteiger partial charge >= 0.3 is 0 Å². The third-order valence-electron chi connectivity index (χ3n) is 3.42. The Morgan fingerprint density at radius 3 is 3.06 bits per heavy atom. The first-order valence-corrected chi connectivity index (χ1v) is 6.29. The molecule has 0 radical (unpaired) electrons. The van der Waals surface area contributed by atoms with Gasteiger partial charge in [-0.2, -0.15) is 0 Å². The number of ether oxygens (including phenoxy) is 1. The number of rotatable bonds is 3. The normalized spacial score (nSPS) is 21.6. The lowest BCUT2D eigenvalue weighted by Gasteiger charge is -2.13. The van der Waals surface area contributed by atoms with Crippen LogP contribution in [-0.2, 0) is 4.74 Å². The number of fused-ring (bicyclic) bond motifs is 1. The molecule has 0 aliphatic carbocycles. The zero-order valence-electron chi connectivity index (χ0n) is 10.1. The summed E-state index contributed by atoms with van der Waals surface area (Å²) >= 11 is 0. The van der Waals surface area contributed by atoms with Crippen molar-refractivity contribution in [1.29, 1.82) is 0 Å². The molecular formula is C14H16FNO2. The molecule has 2 aromatic rings. The third-order valence-corrected chi connectivity index (χ3v) is 3.42. The average Bonchev–Trinajstić information content (AvgIpc) is 2.97. The van der Waals surface area contributed by atoms with Gasteiger partial charge in [0.2, 0.25) is 0 Å². The molecule has 1 aromatic carbocycles. The second kappa shape index (κ2) is 4.71. The molecule has 2 atom stereocenters. The van der Waals surface area contributed by atoms with Crippen molar-refractivity contribution in [2.24, 2.45) is 5.73 Å². The minimum Gasteiger partial charge on any atom is -0.456 e. The summed E-state index contributed by atoms with van der Waals surface area (Å²) in [6, 6.07) is 6.46. The molecule has 1 aromatic heterocycles. The van der Waals surface area contributed by atoms with Crippen LogP contribution in [0.15, 0.2) is 28.7 Å². The number of nitrogens with two attached hydrogens (primary N) is 1. The molecule has 3 nitrogen and oxygen atoms in total. The lowest BCUT2D eigenvalue weighted by atomic mass is 10.1. The van der Waals surface area contributed by atoms with Gasteiger partial charge in [0, 0.05) is 12.0 Å². The van der Waals surface area contributed by atoms with E-state index in [4.69, 9.17) is 14.9 Å². The molecule has 3 rings (SSSR count). The highest BCUT2D eigenvalue weighted by atomic mass is 19.1. The van der Waals surface area contributed by atoms with Crippen LogP contribution in [0.3, 0.4) is 0 Å². The molecule has 0 spiro atoms. The van der Waals surface area contributed by atoms with Crippen LogP contribution in [0.5, 0.6) is 0 Å². The van der Waals surface area contributed by atoms with E-state index in [2.05, 4.69) is 0 Å². The van der Waals surface area contributed by atoms with Gasteiger partial charge in [0.25, 0.3) is 0 Å². The standard InChI is InChI=1S/C14H16FNO2/c15-11-5-1-3-9-7-13(18-14(9)11)12(16)8-10-4-2-6-17-10/h1,3,5,7,10,12H,2,4,6,8,16H2. The molecule has 0 saturated carbocycles. The summed E-state index contributed by atoms with van der Waals surface area (Å²) < 4.78 is 24.6. The van der Waals surface area contributed by atoms with Crippen LogP contribution in [-0.4, -0.2) is 12.7 Å². The largest absolute Gasteiger partial charge is 0.456 e. The summed E-state index contributed by atoms with van der Waals surface area (Å²) in [6.07, 6.45) is 3.06. The van der Waals surface area contributed by atoms with E-state index in [1.54, 1.807) is 6.07 Å². The van der Waals surface area contributed by atoms with Crippen molar-refractivity contribution >= 4 is 11.0 Å². The molecule has 1 aliphatic rings. The Balaban J connectivity index is 1.82. The Morgan fingerprint density at radius 1 is 1.44 bits per heavy atom. The van der Waals surface area contributed by atoms with Crippen molar-refractivity contribution in [3.05, 3.63) is 35.8 Å². The topological polar surface area (TPSA) is 48.4 Å². The zero-order valence-corrected chi connectivity index (χ0v) is 10.1. The molecule has 2 heterocycles. The maximum absolute atomic E-state index is 13.5. The molecule has 2 unspecified atom stereocenters. The molecule has 1 fully saturated rings. The fraction of sp³-hybridized carbons (Fsp3) is 0.429. The van der Waals surface area contributed by atoms with E-state index in [-0.39, 0.29) is 23.5 Å². The van der Waals surface area contributed by atoms with Crippen LogP contribution in [0, 0.1) is 5.82 Å². The number of furan rings is 1. The highest BCUT2D eigenvalue weighted by Crippen LogP contribution is 2.29. The van der Waals surface area contributed by atoms with Crippen LogP contribution in [0.2, 0.25) is 0 Å². The van der Waals surface area contributed by atoms with Gasteiger partial charge < -0.3 is 14.9 Å². The Hall–Kier alpha value is -1.39. The van der Waals surface area contributed by atoms with E-state index in [0.29, 0.717) is 5.76 Å². The van der Waals surface area contributed by atoms with Gasteiger partial charge in [0.15, 0.2) is 11.4 Å². The highest BCUT2D eigenvalue weighted by molar-refractivity contribution is 5.78. The summed E-state index contributed by atoms with van der Waals surface area (Å²) in [5.74, 6) is 0.286. The summed E-state index contributed by atoms with van der Waals surface area (Å²) in [5.41, 5.74) is 6.38. The summed E-state index contributed by atoms with van der Waals surface area (Å²) in [5, 5.41) is 0.757. The van der Waals surface area contributed by atoms with E-state index in [9.17, 15) is 4.39 Å². The van der Waals surface area contributed by atoms with E-state index < -0.39 is 0 Å². The average molecular weight is 249 g/mol. The van der Waals surface area contributed by atoms with Crippen LogP contribution in [0.25, 0.3) is 11.0 Å². The van der Waals surface area contributed by atoms with Crippen LogP contribution >= 0.6 is 0 Å². The number of hydrogen-bond acceptors (Lipinski definition) is 3. The molecule has 1 aliphatic heterocycles. The van der Waals surface area contributed by atoms with Gasteiger partial charge in [-0.05, 0) is 31.4 Å². The third kappa shape index (κ3) is 2.13. The minimum atomic E-state index is -0.344. The summed E-state index contributed by atoms with van der Waals surface area (Å²) in [7, 11) is 0. The van der Waals surface area contributed by atoms with Crippen molar-refractivity contribution in [2.75, 3.05) is 6.61 Å². The van der Waals surface area contributed by atoms with Crippen molar-refractivity contribution < 1.29 is 13.5 Å². The fourth-order valence-corrected chi connectivity index (χ4v) is 2.46. The molecule has 96 valence electrons. The Kier molecular flexibility index (Phi) is 3.06. The Bertz CT molecular complexity index is 546.